The molecule has 2 rings (SSSR count). The molecule has 7 heteroatoms. The molecule has 2 saturated heterocycles. The summed E-state index contributed by atoms with van der Waals surface area (Å²) in [6, 6.07) is -0.233. The molecular weight excluding hydrogens is 272 g/mol. The number of hydrogen-bond donors (Lipinski definition) is 2. The summed E-state index contributed by atoms with van der Waals surface area (Å²) < 4.78 is 0. The van der Waals surface area contributed by atoms with Crippen LogP contribution >= 0.6 is 0 Å². The first kappa shape index (κ1) is 15.8. The highest BCUT2D eigenvalue weighted by atomic mass is 16.2. The number of hydrogen-bond acceptors (Lipinski definition) is 4. The molecule has 2 fully saturated rings. The molecule has 1 atom stereocenters. The normalized spacial score (nSPS) is 22.2. The average Bonchev–Trinajstić information content (AvgIpc) is 2.51. The van der Waals surface area contributed by atoms with Gasteiger partial charge in [-0.05, 0) is 32.1 Å². The number of unbranched alkanes of at least 4 members (excludes halogenated alkanes) is 2. The van der Waals surface area contributed by atoms with E-state index in [2.05, 4.69) is 5.43 Å². The highest BCUT2D eigenvalue weighted by Gasteiger charge is 2.39. The third kappa shape index (κ3) is 3.93. The standard InChI is InChI=1S/C14H24N4O3/c15-16-12(19)7-2-1-4-8-17-10-13(20)18-9-5-3-6-11(18)14(17)21/h11H,1-10,15H2,(H,16,19). The third-order valence-corrected chi connectivity index (χ3v) is 4.24. The molecule has 0 aromatic carbocycles. The van der Waals surface area contributed by atoms with Crippen molar-refractivity contribution in [3.63, 3.8) is 0 Å². The lowest BCUT2D eigenvalue weighted by Gasteiger charge is -2.42. The predicted octanol–water partition coefficient (Wildman–Crippen LogP) is -0.240. The molecule has 21 heavy (non-hydrogen) atoms. The largest absolute Gasteiger partial charge is 0.332 e. The van der Waals surface area contributed by atoms with Crippen LogP contribution in [0.2, 0.25) is 0 Å². The van der Waals surface area contributed by atoms with Crippen molar-refractivity contribution < 1.29 is 14.4 Å². The first-order chi connectivity index (χ1) is 10.1. The minimum atomic E-state index is -0.233. The van der Waals surface area contributed by atoms with Gasteiger partial charge in [0.25, 0.3) is 0 Å². The number of piperidine rings is 1. The number of carbonyl (C=O) groups excluding carboxylic acids is 3. The average molecular weight is 296 g/mol. The Morgan fingerprint density at radius 2 is 2.05 bits per heavy atom. The second-order valence-corrected chi connectivity index (χ2v) is 5.74. The minimum absolute atomic E-state index is 0.0711. The predicted molar refractivity (Wildman–Crippen MR) is 76.7 cm³/mol. The Hall–Kier alpha value is -1.63. The first-order valence-corrected chi connectivity index (χ1v) is 7.71. The second-order valence-electron chi connectivity index (χ2n) is 5.74. The summed E-state index contributed by atoms with van der Waals surface area (Å²) in [7, 11) is 0. The van der Waals surface area contributed by atoms with Crippen molar-refractivity contribution in [2.45, 2.75) is 51.0 Å². The van der Waals surface area contributed by atoms with Gasteiger partial charge in [-0.15, -0.1) is 0 Å². The van der Waals surface area contributed by atoms with Crippen LogP contribution in [0.25, 0.3) is 0 Å². The maximum Gasteiger partial charge on any atom is 0.245 e. The summed E-state index contributed by atoms with van der Waals surface area (Å²) in [5.74, 6) is 5.00. The molecule has 7 nitrogen and oxygen atoms in total. The van der Waals surface area contributed by atoms with Crippen molar-refractivity contribution in [3.8, 4) is 0 Å². The van der Waals surface area contributed by atoms with E-state index in [0.717, 1.165) is 45.1 Å². The molecule has 3 N–H and O–H groups in total. The summed E-state index contributed by atoms with van der Waals surface area (Å²) in [6.07, 6.45) is 5.61. The topological polar surface area (TPSA) is 95.7 Å². The van der Waals surface area contributed by atoms with Crippen molar-refractivity contribution >= 4 is 17.7 Å². The van der Waals surface area contributed by atoms with Crippen LogP contribution in [0.3, 0.4) is 0 Å². The van der Waals surface area contributed by atoms with Gasteiger partial charge >= 0.3 is 0 Å². The smallest absolute Gasteiger partial charge is 0.245 e. The second kappa shape index (κ2) is 7.40. The van der Waals surface area contributed by atoms with Gasteiger partial charge in [0.15, 0.2) is 0 Å². The highest BCUT2D eigenvalue weighted by Crippen LogP contribution is 2.23. The molecule has 0 aliphatic carbocycles. The lowest BCUT2D eigenvalue weighted by Crippen LogP contribution is -2.61. The van der Waals surface area contributed by atoms with E-state index in [4.69, 9.17) is 5.84 Å². The molecule has 0 bridgehead atoms. The number of nitrogens with two attached hydrogens (primary N) is 1. The molecule has 0 spiro atoms. The van der Waals surface area contributed by atoms with Crippen molar-refractivity contribution in [1.29, 1.82) is 0 Å². The summed E-state index contributed by atoms with van der Waals surface area (Å²) in [5.41, 5.74) is 2.10. The van der Waals surface area contributed by atoms with Crippen LogP contribution in [0.15, 0.2) is 0 Å². The Balaban J connectivity index is 1.74. The van der Waals surface area contributed by atoms with Gasteiger partial charge in [-0.25, -0.2) is 5.84 Å². The van der Waals surface area contributed by atoms with E-state index in [1.807, 2.05) is 0 Å². The molecule has 0 aromatic heterocycles. The van der Waals surface area contributed by atoms with Gasteiger partial charge in [0.2, 0.25) is 17.7 Å². The molecule has 0 radical (unpaired) electrons. The van der Waals surface area contributed by atoms with Crippen LogP contribution in [0.4, 0.5) is 0 Å². The van der Waals surface area contributed by atoms with Gasteiger partial charge < -0.3 is 9.80 Å². The number of nitrogens with one attached hydrogen (secondary N) is 1. The quantitative estimate of drug-likeness (QED) is 0.306. The van der Waals surface area contributed by atoms with Crippen molar-refractivity contribution in [2.75, 3.05) is 19.6 Å². The number of amides is 3. The van der Waals surface area contributed by atoms with Crippen LogP contribution < -0.4 is 11.3 Å². The maximum absolute atomic E-state index is 12.4. The van der Waals surface area contributed by atoms with E-state index in [1.54, 1.807) is 9.80 Å². The molecule has 2 heterocycles. The SMILES string of the molecule is NNC(=O)CCCCCN1CC(=O)N2CCCCC2C1=O. The summed E-state index contributed by atoms with van der Waals surface area (Å²) in [4.78, 5) is 38.8. The fourth-order valence-corrected chi connectivity index (χ4v) is 3.06. The molecular formula is C14H24N4O3. The fourth-order valence-electron chi connectivity index (χ4n) is 3.06. The number of piperazine rings is 1. The van der Waals surface area contributed by atoms with Gasteiger partial charge in [-0.1, -0.05) is 6.42 Å². The summed E-state index contributed by atoms with van der Waals surface area (Å²) >= 11 is 0. The Morgan fingerprint density at radius 3 is 2.81 bits per heavy atom. The Morgan fingerprint density at radius 1 is 1.24 bits per heavy atom. The fraction of sp³-hybridized carbons (Fsp3) is 0.786. The highest BCUT2D eigenvalue weighted by molar-refractivity contribution is 5.95. The summed E-state index contributed by atoms with van der Waals surface area (Å²) in [5, 5.41) is 0. The van der Waals surface area contributed by atoms with E-state index < -0.39 is 0 Å². The van der Waals surface area contributed by atoms with E-state index in [9.17, 15) is 14.4 Å². The van der Waals surface area contributed by atoms with Crippen molar-refractivity contribution in [3.05, 3.63) is 0 Å². The number of rotatable bonds is 6. The van der Waals surface area contributed by atoms with Gasteiger partial charge in [0, 0.05) is 19.5 Å². The molecule has 2 aliphatic heterocycles. The van der Waals surface area contributed by atoms with Crippen LogP contribution in [-0.2, 0) is 14.4 Å². The number of nitrogens with zero attached hydrogens (tertiary/aromatic N) is 2. The first-order valence-electron chi connectivity index (χ1n) is 7.71. The van der Waals surface area contributed by atoms with Gasteiger partial charge in [-0.2, -0.15) is 0 Å². The monoisotopic (exact) mass is 296 g/mol. The maximum atomic E-state index is 12.4. The van der Waals surface area contributed by atoms with Crippen LogP contribution in [0.1, 0.15) is 44.9 Å². The van der Waals surface area contributed by atoms with Crippen LogP contribution in [0, 0.1) is 0 Å². The van der Waals surface area contributed by atoms with Crippen LogP contribution in [-0.4, -0.2) is 53.2 Å². The third-order valence-electron chi connectivity index (χ3n) is 4.24. The van der Waals surface area contributed by atoms with E-state index in [1.165, 1.54) is 0 Å². The van der Waals surface area contributed by atoms with Crippen molar-refractivity contribution in [2.24, 2.45) is 5.84 Å². The molecule has 0 aromatic rings. The van der Waals surface area contributed by atoms with Crippen molar-refractivity contribution in [1.82, 2.24) is 15.2 Å². The Labute approximate surface area is 124 Å². The molecule has 1 unspecified atom stereocenters. The zero-order valence-corrected chi connectivity index (χ0v) is 12.3. The van der Waals surface area contributed by atoms with Crippen LogP contribution in [0.5, 0.6) is 0 Å². The number of carbonyl (C=O) groups is 3. The zero-order chi connectivity index (χ0) is 15.2. The molecule has 3 amide bonds. The van der Waals surface area contributed by atoms with Gasteiger partial charge in [-0.3, -0.25) is 19.8 Å². The number of fused-ring (bicyclic) bond motifs is 1. The minimum Gasteiger partial charge on any atom is -0.332 e. The van der Waals surface area contributed by atoms with E-state index >= 15 is 0 Å². The Bertz CT molecular complexity index is 413. The molecule has 118 valence electrons. The zero-order valence-electron chi connectivity index (χ0n) is 12.3. The van der Waals surface area contributed by atoms with Gasteiger partial charge in [0.05, 0.1) is 6.54 Å². The lowest BCUT2D eigenvalue weighted by atomic mass is 9.98. The van der Waals surface area contributed by atoms with E-state index in [-0.39, 0.29) is 30.3 Å². The Kier molecular flexibility index (Phi) is 5.55. The molecule has 0 saturated carbocycles. The summed E-state index contributed by atoms with van der Waals surface area (Å²) in [6.45, 7) is 1.52. The number of hydrazine groups is 1. The lowest BCUT2D eigenvalue weighted by molar-refractivity contribution is -0.157. The molecule has 2 aliphatic rings. The van der Waals surface area contributed by atoms with E-state index in [0.29, 0.717) is 13.0 Å². The van der Waals surface area contributed by atoms with Gasteiger partial charge in [0.1, 0.15) is 6.04 Å².